The zero-order valence-electron chi connectivity index (χ0n) is 10.7. The first-order valence-electron chi connectivity index (χ1n) is 5.90. The zero-order valence-corrected chi connectivity index (χ0v) is 10.7. The molecule has 0 unspecified atom stereocenters. The summed E-state index contributed by atoms with van der Waals surface area (Å²) in [5, 5.41) is 6.96. The third-order valence-corrected chi connectivity index (χ3v) is 2.75. The number of aromatic nitrogens is 2. The molecule has 20 heavy (non-hydrogen) atoms. The van der Waals surface area contributed by atoms with Crippen LogP contribution in [0, 0.1) is 5.82 Å². The minimum Gasteiger partial charge on any atom is -0.309 e. The molecule has 0 saturated heterocycles. The highest BCUT2D eigenvalue weighted by Gasteiger charge is 2.34. The summed E-state index contributed by atoms with van der Waals surface area (Å²) >= 11 is 0. The van der Waals surface area contributed by atoms with Crippen LogP contribution in [0.25, 0.3) is 0 Å². The number of halogens is 4. The Kier molecular flexibility index (Phi) is 4.08. The molecule has 3 nitrogen and oxygen atoms in total. The van der Waals surface area contributed by atoms with Gasteiger partial charge >= 0.3 is 6.18 Å². The molecule has 0 amide bonds. The Labute approximate surface area is 113 Å². The molecule has 0 fully saturated rings. The fraction of sp³-hybridized carbons (Fsp3) is 0.308. The summed E-state index contributed by atoms with van der Waals surface area (Å²) in [5.74, 6) is -1.26. The number of aryl methyl sites for hydroxylation is 1. The van der Waals surface area contributed by atoms with Gasteiger partial charge in [0, 0.05) is 31.9 Å². The van der Waals surface area contributed by atoms with Crippen LogP contribution in [-0.4, -0.2) is 9.78 Å². The lowest BCUT2D eigenvalue weighted by atomic mass is 10.1. The number of hydrogen-bond donors (Lipinski definition) is 1. The molecule has 0 radical (unpaired) electrons. The summed E-state index contributed by atoms with van der Waals surface area (Å²) in [7, 11) is 1.78. The molecule has 2 rings (SSSR count). The fourth-order valence-electron chi connectivity index (χ4n) is 1.81. The van der Waals surface area contributed by atoms with E-state index in [0.29, 0.717) is 12.1 Å². The van der Waals surface area contributed by atoms with Gasteiger partial charge in [-0.15, -0.1) is 0 Å². The number of benzene rings is 1. The Balaban J connectivity index is 2.00. The quantitative estimate of drug-likeness (QED) is 0.876. The zero-order chi connectivity index (χ0) is 14.8. The SMILES string of the molecule is Cn1cc(CNCc2ccc(F)c(C(F)(F)F)c2)cn1. The van der Waals surface area contributed by atoms with Crippen molar-refractivity contribution in [3.63, 3.8) is 0 Å². The monoisotopic (exact) mass is 287 g/mol. The normalized spacial score (nSPS) is 11.8. The molecule has 2 aromatic rings. The maximum Gasteiger partial charge on any atom is 0.419 e. The van der Waals surface area contributed by atoms with Gasteiger partial charge in [-0.2, -0.15) is 18.3 Å². The van der Waals surface area contributed by atoms with Crippen molar-refractivity contribution >= 4 is 0 Å². The molecule has 0 saturated carbocycles. The minimum atomic E-state index is -4.68. The average molecular weight is 287 g/mol. The second-order valence-corrected chi connectivity index (χ2v) is 4.44. The van der Waals surface area contributed by atoms with Crippen molar-refractivity contribution in [2.24, 2.45) is 7.05 Å². The molecule has 0 bridgehead atoms. The third-order valence-electron chi connectivity index (χ3n) is 2.75. The Morgan fingerprint density at radius 3 is 2.50 bits per heavy atom. The van der Waals surface area contributed by atoms with Crippen molar-refractivity contribution in [3.8, 4) is 0 Å². The van der Waals surface area contributed by atoms with E-state index >= 15 is 0 Å². The number of nitrogens with one attached hydrogen (secondary N) is 1. The Morgan fingerprint density at radius 2 is 1.90 bits per heavy atom. The van der Waals surface area contributed by atoms with E-state index in [9.17, 15) is 17.6 Å². The number of rotatable bonds is 4. The molecular weight excluding hydrogens is 274 g/mol. The topological polar surface area (TPSA) is 29.9 Å². The number of alkyl halides is 3. The lowest BCUT2D eigenvalue weighted by Crippen LogP contribution is -2.14. The molecule has 1 heterocycles. The van der Waals surface area contributed by atoms with Crippen molar-refractivity contribution in [2.45, 2.75) is 19.3 Å². The van der Waals surface area contributed by atoms with E-state index in [-0.39, 0.29) is 6.54 Å². The fourth-order valence-corrected chi connectivity index (χ4v) is 1.81. The van der Waals surface area contributed by atoms with Crippen molar-refractivity contribution in [1.82, 2.24) is 15.1 Å². The van der Waals surface area contributed by atoms with Gasteiger partial charge in [-0.25, -0.2) is 4.39 Å². The second-order valence-electron chi connectivity index (χ2n) is 4.44. The molecule has 0 aliphatic rings. The van der Waals surface area contributed by atoms with Crippen LogP contribution in [0.3, 0.4) is 0 Å². The van der Waals surface area contributed by atoms with Gasteiger partial charge in [0.2, 0.25) is 0 Å². The van der Waals surface area contributed by atoms with Gasteiger partial charge in [-0.3, -0.25) is 4.68 Å². The third kappa shape index (κ3) is 3.57. The van der Waals surface area contributed by atoms with Crippen molar-refractivity contribution in [2.75, 3.05) is 0 Å². The lowest BCUT2D eigenvalue weighted by Gasteiger charge is -2.10. The van der Waals surface area contributed by atoms with Gasteiger partial charge in [0.25, 0.3) is 0 Å². The highest BCUT2D eigenvalue weighted by molar-refractivity contribution is 5.27. The molecule has 1 aromatic carbocycles. The summed E-state index contributed by atoms with van der Waals surface area (Å²) in [4.78, 5) is 0. The summed E-state index contributed by atoms with van der Waals surface area (Å²) in [6.07, 6.45) is -1.21. The first-order chi connectivity index (χ1) is 9.36. The summed E-state index contributed by atoms with van der Waals surface area (Å²) in [6.45, 7) is 0.699. The van der Waals surface area contributed by atoms with Crippen LogP contribution in [-0.2, 0) is 26.3 Å². The average Bonchev–Trinajstić information content (AvgIpc) is 2.76. The molecule has 0 aliphatic heterocycles. The highest BCUT2D eigenvalue weighted by atomic mass is 19.4. The summed E-state index contributed by atoms with van der Waals surface area (Å²) in [6, 6.07) is 3.00. The Bertz CT molecular complexity index is 590. The van der Waals surface area contributed by atoms with Crippen LogP contribution < -0.4 is 5.32 Å². The number of hydrogen-bond acceptors (Lipinski definition) is 2. The molecule has 0 atom stereocenters. The standard InChI is InChI=1S/C13H13F4N3/c1-20-8-10(7-19-20)6-18-5-9-2-3-12(14)11(4-9)13(15,16)17/h2-4,7-8,18H,5-6H2,1H3. The molecule has 1 aromatic heterocycles. The first-order valence-corrected chi connectivity index (χ1v) is 5.90. The second kappa shape index (κ2) is 5.62. The van der Waals surface area contributed by atoms with Crippen LogP contribution >= 0.6 is 0 Å². The predicted molar refractivity (Wildman–Crippen MR) is 65.2 cm³/mol. The Morgan fingerprint density at radius 1 is 1.20 bits per heavy atom. The van der Waals surface area contributed by atoms with Gasteiger partial charge in [0.15, 0.2) is 0 Å². The van der Waals surface area contributed by atoms with Gasteiger partial charge in [-0.1, -0.05) is 6.07 Å². The molecule has 0 aliphatic carbocycles. The Hall–Kier alpha value is -1.89. The van der Waals surface area contributed by atoms with E-state index in [4.69, 9.17) is 0 Å². The van der Waals surface area contributed by atoms with Crippen LogP contribution in [0.2, 0.25) is 0 Å². The summed E-state index contributed by atoms with van der Waals surface area (Å²) in [5.41, 5.74) is 0.0615. The molecule has 1 N–H and O–H groups in total. The highest BCUT2D eigenvalue weighted by Crippen LogP contribution is 2.31. The largest absolute Gasteiger partial charge is 0.419 e. The van der Waals surface area contributed by atoms with Gasteiger partial charge in [0.1, 0.15) is 5.82 Å². The predicted octanol–water partition coefficient (Wildman–Crippen LogP) is 2.87. The van der Waals surface area contributed by atoms with E-state index in [0.717, 1.165) is 17.7 Å². The maximum absolute atomic E-state index is 13.1. The molecule has 0 spiro atoms. The van der Waals surface area contributed by atoms with E-state index < -0.39 is 17.6 Å². The van der Waals surface area contributed by atoms with E-state index in [2.05, 4.69) is 10.4 Å². The van der Waals surface area contributed by atoms with Gasteiger partial charge < -0.3 is 5.32 Å². The van der Waals surface area contributed by atoms with E-state index in [1.807, 2.05) is 0 Å². The smallest absolute Gasteiger partial charge is 0.309 e. The summed E-state index contributed by atoms with van der Waals surface area (Å²) < 4.78 is 52.4. The van der Waals surface area contributed by atoms with Crippen LogP contribution in [0.15, 0.2) is 30.6 Å². The molecule has 7 heteroatoms. The minimum absolute atomic E-state index is 0.220. The number of nitrogens with zero attached hydrogens (tertiary/aromatic N) is 2. The van der Waals surface area contributed by atoms with Gasteiger partial charge in [0.05, 0.1) is 11.8 Å². The van der Waals surface area contributed by atoms with E-state index in [1.165, 1.54) is 6.07 Å². The molecular formula is C13H13F4N3. The maximum atomic E-state index is 13.1. The van der Waals surface area contributed by atoms with Crippen molar-refractivity contribution < 1.29 is 17.6 Å². The lowest BCUT2D eigenvalue weighted by molar-refractivity contribution is -0.140. The molecule has 108 valence electrons. The van der Waals surface area contributed by atoms with E-state index in [1.54, 1.807) is 24.1 Å². The van der Waals surface area contributed by atoms with Crippen LogP contribution in [0.5, 0.6) is 0 Å². The van der Waals surface area contributed by atoms with Gasteiger partial charge in [-0.05, 0) is 17.7 Å². The van der Waals surface area contributed by atoms with Crippen LogP contribution in [0.1, 0.15) is 16.7 Å². The van der Waals surface area contributed by atoms with Crippen molar-refractivity contribution in [1.29, 1.82) is 0 Å². The first kappa shape index (κ1) is 14.5. The van der Waals surface area contributed by atoms with Crippen LogP contribution in [0.4, 0.5) is 17.6 Å². The van der Waals surface area contributed by atoms with Crippen molar-refractivity contribution in [3.05, 3.63) is 53.1 Å².